The van der Waals surface area contributed by atoms with E-state index < -0.39 is 18.0 Å². The zero-order chi connectivity index (χ0) is 15.8. The first-order valence-electron chi connectivity index (χ1n) is 6.81. The fourth-order valence-electron chi connectivity index (χ4n) is 1.92. The van der Waals surface area contributed by atoms with Gasteiger partial charge >= 0.3 is 12.0 Å². The first kappa shape index (κ1) is 17.0. The molecule has 0 heterocycles. The average molecular weight is 294 g/mol. The molecule has 0 aromatic heterocycles. The maximum Gasteiger partial charge on any atom is 0.330 e. The Kier molecular flexibility index (Phi) is 6.68. The molecule has 0 fully saturated rings. The quantitative estimate of drug-likeness (QED) is 0.804. The minimum atomic E-state index is -1.09. The van der Waals surface area contributed by atoms with Gasteiger partial charge in [0.1, 0.15) is 0 Å². The van der Waals surface area contributed by atoms with Crippen molar-refractivity contribution in [2.24, 2.45) is 0 Å². The number of nitrogens with zero attached hydrogens (tertiary/aromatic N) is 1. The Morgan fingerprint density at radius 3 is 2.38 bits per heavy atom. The molecule has 0 saturated heterocycles. The highest BCUT2D eigenvalue weighted by Gasteiger charge is 2.25. The highest BCUT2D eigenvalue weighted by molar-refractivity contribution is 5.83. The van der Waals surface area contributed by atoms with Crippen LogP contribution in [0.4, 0.5) is 4.79 Å². The Morgan fingerprint density at radius 1 is 1.29 bits per heavy atom. The molecule has 1 aromatic rings. The van der Waals surface area contributed by atoms with Gasteiger partial charge in [0.2, 0.25) is 0 Å². The number of aliphatic carboxylic acids is 1. The van der Waals surface area contributed by atoms with Crippen LogP contribution in [0.2, 0.25) is 0 Å². The molecule has 1 aromatic carbocycles. The van der Waals surface area contributed by atoms with E-state index in [0.29, 0.717) is 18.7 Å². The van der Waals surface area contributed by atoms with Gasteiger partial charge in [0.05, 0.1) is 6.61 Å². The van der Waals surface area contributed by atoms with Gasteiger partial charge in [-0.2, -0.15) is 0 Å². The SMILES string of the molecule is COCCN(C(=O)NC(C(=O)O)c1ccccc1)C(C)C. The largest absolute Gasteiger partial charge is 0.479 e. The smallest absolute Gasteiger partial charge is 0.330 e. The van der Waals surface area contributed by atoms with Crippen molar-refractivity contribution in [3.05, 3.63) is 35.9 Å². The summed E-state index contributed by atoms with van der Waals surface area (Å²) in [5, 5.41) is 11.9. The Morgan fingerprint density at radius 2 is 1.90 bits per heavy atom. The van der Waals surface area contributed by atoms with Crippen LogP contribution in [0.5, 0.6) is 0 Å². The molecule has 1 rings (SSSR count). The lowest BCUT2D eigenvalue weighted by molar-refractivity contribution is -0.139. The van der Waals surface area contributed by atoms with E-state index in [1.807, 2.05) is 13.8 Å². The maximum atomic E-state index is 12.3. The number of hydrogen-bond acceptors (Lipinski definition) is 3. The lowest BCUT2D eigenvalue weighted by Gasteiger charge is -2.28. The number of carbonyl (C=O) groups excluding carboxylic acids is 1. The molecule has 0 saturated carbocycles. The van der Waals surface area contributed by atoms with Gasteiger partial charge in [-0.05, 0) is 19.4 Å². The first-order valence-corrected chi connectivity index (χ1v) is 6.81. The minimum absolute atomic E-state index is 0.0506. The fourth-order valence-corrected chi connectivity index (χ4v) is 1.92. The molecule has 0 aliphatic heterocycles. The molecular formula is C15H22N2O4. The number of nitrogens with one attached hydrogen (secondary N) is 1. The van der Waals surface area contributed by atoms with Gasteiger partial charge in [-0.1, -0.05) is 30.3 Å². The van der Waals surface area contributed by atoms with E-state index >= 15 is 0 Å². The van der Waals surface area contributed by atoms with E-state index in [1.54, 1.807) is 42.3 Å². The molecule has 1 atom stereocenters. The van der Waals surface area contributed by atoms with Gasteiger partial charge in [0, 0.05) is 19.7 Å². The predicted molar refractivity (Wildman–Crippen MR) is 79.1 cm³/mol. The molecule has 0 spiro atoms. The van der Waals surface area contributed by atoms with Crippen LogP contribution in [0.3, 0.4) is 0 Å². The van der Waals surface area contributed by atoms with Crippen LogP contribution in [0.1, 0.15) is 25.5 Å². The normalized spacial score (nSPS) is 12.0. The number of urea groups is 1. The zero-order valence-electron chi connectivity index (χ0n) is 12.6. The van der Waals surface area contributed by atoms with Crippen molar-refractivity contribution < 1.29 is 19.4 Å². The number of hydrogen-bond donors (Lipinski definition) is 2. The summed E-state index contributed by atoms with van der Waals surface area (Å²) in [7, 11) is 1.56. The van der Waals surface area contributed by atoms with Crippen LogP contribution in [-0.2, 0) is 9.53 Å². The predicted octanol–water partition coefficient (Wildman–Crippen LogP) is 1.88. The number of carboxylic acid groups (broad SMARTS) is 1. The van der Waals surface area contributed by atoms with Gasteiger partial charge < -0.3 is 20.1 Å². The number of benzene rings is 1. The molecular weight excluding hydrogens is 272 g/mol. The zero-order valence-corrected chi connectivity index (χ0v) is 12.6. The lowest BCUT2D eigenvalue weighted by Crippen LogP contribution is -2.48. The van der Waals surface area contributed by atoms with E-state index in [0.717, 1.165) is 0 Å². The van der Waals surface area contributed by atoms with Crippen LogP contribution in [0.15, 0.2) is 30.3 Å². The van der Waals surface area contributed by atoms with Gasteiger partial charge in [-0.15, -0.1) is 0 Å². The second kappa shape index (κ2) is 8.26. The summed E-state index contributed by atoms with van der Waals surface area (Å²) in [5.41, 5.74) is 0.536. The highest BCUT2D eigenvalue weighted by Crippen LogP contribution is 2.13. The van der Waals surface area contributed by atoms with Crippen molar-refractivity contribution in [2.75, 3.05) is 20.3 Å². The van der Waals surface area contributed by atoms with E-state index in [2.05, 4.69) is 5.32 Å². The molecule has 116 valence electrons. The summed E-state index contributed by atoms with van der Waals surface area (Å²) < 4.78 is 4.97. The Hall–Kier alpha value is -2.08. The molecule has 0 aliphatic rings. The molecule has 1 unspecified atom stereocenters. The molecule has 21 heavy (non-hydrogen) atoms. The third-order valence-corrected chi connectivity index (χ3v) is 3.07. The third kappa shape index (κ3) is 5.07. The van der Waals surface area contributed by atoms with Crippen molar-refractivity contribution in [2.45, 2.75) is 25.9 Å². The van der Waals surface area contributed by atoms with Gasteiger partial charge in [0.25, 0.3) is 0 Å². The summed E-state index contributed by atoms with van der Waals surface area (Å²) in [5.74, 6) is -1.09. The maximum absolute atomic E-state index is 12.3. The first-order chi connectivity index (χ1) is 9.97. The highest BCUT2D eigenvalue weighted by atomic mass is 16.5. The lowest BCUT2D eigenvalue weighted by atomic mass is 10.1. The van der Waals surface area contributed by atoms with Crippen LogP contribution >= 0.6 is 0 Å². The third-order valence-electron chi connectivity index (χ3n) is 3.07. The Balaban J connectivity index is 2.83. The summed E-state index contributed by atoms with van der Waals surface area (Å²) in [4.78, 5) is 25.2. The van der Waals surface area contributed by atoms with Crippen LogP contribution < -0.4 is 5.32 Å². The molecule has 2 amide bonds. The van der Waals surface area contributed by atoms with E-state index in [-0.39, 0.29) is 6.04 Å². The van der Waals surface area contributed by atoms with Crippen molar-refractivity contribution in [3.8, 4) is 0 Å². The standard InChI is InChI=1S/C15H22N2O4/c1-11(2)17(9-10-21-3)15(20)16-13(14(18)19)12-7-5-4-6-8-12/h4-8,11,13H,9-10H2,1-3H3,(H,16,20)(H,18,19). The fraction of sp³-hybridized carbons (Fsp3) is 0.467. The number of amides is 2. The number of carboxylic acids is 1. The molecule has 0 radical (unpaired) electrons. The van der Waals surface area contributed by atoms with Gasteiger partial charge in [-0.3, -0.25) is 0 Å². The van der Waals surface area contributed by atoms with E-state index in [9.17, 15) is 14.7 Å². The molecule has 6 nitrogen and oxygen atoms in total. The molecule has 0 aliphatic carbocycles. The monoisotopic (exact) mass is 294 g/mol. The van der Waals surface area contributed by atoms with Crippen molar-refractivity contribution in [3.63, 3.8) is 0 Å². The number of rotatable bonds is 7. The molecule has 2 N–H and O–H groups in total. The number of methoxy groups -OCH3 is 1. The average Bonchev–Trinajstić information content (AvgIpc) is 2.45. The van der Waals surface area contributed by atoms with Crippen molar-refractivity contribution in [1.82, 2.24) is 10.2 Å². The van der Waals surface area contributed by atoms with Gasteiger partial charge in [0.15, 0.2) is 6.04 Å². The van der Waals surface area contributed by atoms with Crippen LogP contribution in [0.25, 0.3) is 0 Å². The summed E-state index contributed by atoms with van der Waals surface area (Å²) in [6.45, 7) is 4.54. The second-order valence-electron chi connectivity index (χ2n) is 4.91. The number of carbonyl (C=O) groups is 2. The summed E-state index contributed by atoms with van der Waals surface area (Å²) in [6.07, 6.45) is 0. The summed E-state index contributed by atoms with van der Waals surface area (Å²) >= 11 is 0. The van der Waals surface area contributed by atoms with Crippen molar-refractivity contribution in [1.29, 1.82) is 0 Å². The second-order valence-corrected chi connectivity index (χ2v) is 4.91. The molecule has 6 heteroatoms. The van der Waals surface area contributed by atoms with Crippen LogP contribution in [0, 0.1) is 0 Å². The van der Waals surface area contributed by atoms with Crippen LogP contribution in [-0.4, -0.2) is 48.3 Å². The number of ether oxygens (including phenoxy) is 1. The molecule has 0 bridgehead atoms. The minimum Gasteiger partial charge on any atom is -0.479 e. The summed E-state index contributed by atoms with van der Waals surface area (Å²) in [6, 6.07) is 7.09. The van der Waals surface area contributed by atoms with E-state index in [4.69, 9.17) is 4.74 Å². The van der Waals surface area contributed by atoms with E-state index in [1.165, 1.54) is 0 Å². The Bertz CT molecular complexity index is 462. The van der Waals surface area contributed by atoms with Crippen molar-refractivity contribution >= 4 is 12.0 Å². The Labute approximate surface area is 124 Å². The van der Waals surface area contributed by atoms with Gasteiger partial charge in [-0.25, -0.2) is 9.59 Å². The topological polar surface area (TPSA) is 78.9 Å².